The van der Waals surface area contributed by atoms with Crippen LogP contribution in [0.3, 0.4) is 0 Å². The van der Waals surface area contributed by atoms with Crippen LogP contribution in [0.1, 0.15) is 108 Å². The maximum atomic E-state index is 10.1. The van der Waals surface area contributed by atoms with Crippen LogP contribution >= 0.6 is 0 Å². The molecule has 0 unspecified atom stereocenters. The van der Waals surface area contributed by atoms with Gasteiger partial charge in [0, 0.05) is 0 Å². The second-order valence-electron chi connectivity index (χ2n) is 12.5. The summed E-state index contributed by atoms with van der Waals surface area (Å²) in [6, 6.07) is 30.9. The number of benzene rings is 3. The van der Waals surface area contributed by atoms with E-state index in [-0.39, 0.29) is 20.5 Å². The molecule has 3 aromatic carbocycles. The number of fused-ring (bicyclic) bond motifs is 1. The topological polar surface area (TPSA) is 74.6 Å². The van der Waals surface area contributed by atoms with Crippen molar-refractivity contribution < 1.29 is 0 Å². The Morgan fingerprint density at radius 2 is 1.21 bits per heavy atom. The Bertz CT molecular complexity index is 1690. The van der Waals surface area contributed by atoms with Crippen LogP contribution in [0, 0.1) is 34.0 Å². The van der Waals surface area contributed by atoms with Gasteiger partial charge in [-0.2, -0.15) is 0 Å². The fourth-order valence-corrected chi connectivity index (χ4v) is 8.50. The summed E-state index contributed by atoms with van der Waals surface area (Å²) < 4.78 is 2.47. The Kier molecular flexibility index (Phi) is 15.4. The van der Waals surface area contributed by atoms with Gasteiger partial charge < -0.3 is 0 Å². The summed E-state index contributed by atoms with van der Waals surface area (Å²) in [7, 11) is 0. The summed E-state index contributed by atoms with van der Waals surface area (Å²) >= 11 is 0.0764. The molecule has 0 radical (unpaired) electrons. The molecular formula is C42H48N4Se. The Labute approximate surface area is 288 Å². The molecule has 4 nitrogen and oxygen atoms in total. The van der Waals surface area contributed by atoms with Crippen LogP contribution in [0.15, 0.2) is 83.5 Å². The van der Waals surface area contributed by atoms with Gasteiger partial charge in [-0.3, -0.25) is 0 Å². The predicted octanol–water partition coefficient (Wildman–Crippen LogP) is 8.47. The van der Waals surface area contributed by atoms with Crippen LogP contribution in [0.25, 0.3) is 11.1 Å². The fraction of sp³-hybridized carbons (Fsp3) is 0.405. The number of nitrogens with zero attached hydrogens (tertiary/aromatic N) is 4. The number of anilines is 1. The van der Waals surface area contributed by atoms with Gasteiger partial charge in [0.15, 0.2) is 0 Å². The van der Waals surface area contributed by atoms with E-state index < -0.39 is 0 Å². The van der Waals surface area contributed by atoms with Crippen molar-refractivity contribution in [3.8, 4) is 18.2 Å². The number of para-hydroxylation sites is 1. The van der Waals surface area contributed by atoms with Crippen molar-refractivity contribution >= 4 is 36.3 Å². The zero-order valence-corrected chi connectivity index (χ0v) is 29.7. The van der Waals surface area contributed by atoms with Crippen LogP contribution in [0.2, 0.25) is 0 Å². The molecule has 0 aliphatic carbocycles. The average Bonchev–Trinajstić information content (AvgIpc) is 3.44. The minimum absolute atomic E-state index is 0.0701. The molecule has 0 saturated carbocycles. The van der Waals surface area contributed by atoms with Crippen molar-refractivity contribution in [1.82, 2.24) is 0 Å². The molecule has 4 rings (SSSR count). The first-order valence-corrected chi connectivity index (χ1v) is 19.3. The third-order valence-electron chi connectivity index (χ3n) is 8.88. The maximum absolute atomic E-state index is 10.1. The third-order valence-corrected chi connectivity index (χ3v) is 11.2. The molecule has 1 heterocycles. The number of rotatable bonds is 18. The summed E-state index contributed by atoms with van der Waals surface area (Å²) in [4.78, 5) is 2.36. The molecule has 0 amide bonds. The number of aryl methyl sites for hydroxylation is 1. The van der Waals surface area contributed by atoms with Gasteiger partial charge >= 0.3 is 225 Å². The molecule has 5 heteroatoms. The van der Waals surface area contributed by atoms with E-state index in [4.69, 9.17) is 0 Å². The van der Waals surface area contributed by atoms with Crippen LogP contribution in [0.5, 0.6) is 0 Å². The molecule has 0 bridgehead atoms. The zero-order valence-electron chi connectivity index (χ0n) is 28.0. The Morgan fingerprint density at radius 3 is 1.83 bits per heavy atom. The van der Waals surface area contributed by atoms with Gasteiger partial charge in [0.05, 0.1) is 0 Å². The quantitative estimate of drug-likeness (QED) is 0.0994. The van der Waals surface area contributed by atoms with Gasteiger partial charge in [0.25, 0.3) is 0 Å². The van der Waals surface area contributed by atoms with Crippen LogP contribution in [-0.4, -0.2) is 15.0 Å². The summed E-state index contributed by atoms with van der Waals surface area (Å²) in [5.74, 6) is 0. The van der Waals surface area contributed by atoms with Gasteiger partial charge in [-0.25, -0.2) is 0 Å². The Hall–Kier alpha value is -4.07. The van der Waals surface area contributed by atoms with Crippen molar-refractivity contribution in [2.24, 2.45) is 0 Å². The van der Waals surface area contributed by atoms with Crippen LogP contribution in [-0.2, 0) is 13.0 Å². The molecule has 47 heavy (non-hydrogen) atoms. The third kappa shape index (κ3) is 11.3. The molecular weight excluding hydrogens is 639 g/mol. The first kappa shape index (κ1) is 35.8. The van der Waals surface area contributed by atoms with Crippen molar-refractivity contribution in [2.75, 3.05) is 4.90 Å². The van der Waals surface area contributed by atoms with E-state index in [1.807, 2.05) is 30.3 Å². The molecule has 1 aliphatic heterocycles. The summed E-state index contributed by atoms with van der Waals surface area (Å²) in [5, 5.41) is 29.9. The fourth-order valence-electron chi connectivity index (χ4n) is 6.19. The van der Waals surface area contributed by atoms with Gasteiger partial charge in [-0.05, 0) is 0 Å². The van der Waals surface area contributed by atoms with E-state index >= 15 is 0 Å². The standard InChI is InChI=1S/C42H48N4Se/c1-2-3-4-5-6-7-8-9-10-11-12-13-14-15-19-34-20-18-21-35(28-34)33-46-40-22-16-17-23-41(40)47-42(46)29-38(30-43)36-24-26-37(27-25-36)39(31-44)32-45/h16-18,20-29H,2-15,19,33H2,1H3/b42-29-. The molecule has 3 aromatic rings. The molecule has 242 valence electrons. The van der Waals surface area contributed by atoms with Gasteiger partial charge in [-0.1, -0.05) is 64.7 Å². The number of nitriles is 3. The first-order chi connectivity index (χ1) is 23.2. The second kappa shape index (κ2) is 20.2. The van der Waals surface area contributed by atoms with E-state index in [0.29, 0.717) is 10.8 Å². The monoisotopic (exact) mass is 688 g/mol. The van der Waals surface area contributed by atoms with Crippen LogP contribution < -0.4 is 19.8 Å². The van der Waals surface area contributed by atoms with Crippen molar-refractivity contribution in [2.45, 2.75) is 110 Å². The van der Waals surface area contributed by atoms with Gasteiger partial charge in [0.1, 0.15) is 0 Å². The summed E-state index contributed by atoms with van der Waals surface area (Å²) in [6.45, 7) is 3.05. The predicted molar refractivity (Wildman–Crippen MR) is 196 cm³/mol. The Morgan fingerprint density at radius 1 is 0.638 bits per heavy atom. The van der Waals surface area contributed by atoms with E-state index in [2.05, 4.69) is 66.4 Å². The summed E-state index contributed by atoms with van der Waals surface area (Å²) in [5.41, 5.74) is 4.55. The van der Waals surface area contributed by atoms with Crippen molar-refractivity contribution in [1.29, 1.82) is 15.8 Å². The minimum atomic E-state index is 0.0701. The van der Waals surface area contributed by atoms with Gasteiger partial charge in [-0.15, -0.1) is 0 Å². The number of hydrogen-bond donors (Lipinski definition) is 0. The Balaban J connectivity index is 1.32. The molecule has 0 spiro atoms. The molecule has 0 aromatic heterocycles. The first-order valence-electron chi connectivity index (χ1n) is 17.6. The second-order valence-corrected chi connectivity index (χ2v) is 14.7. The van der Waals surface area contributed by atoms with Crippen molar-refractivity contribution in [3.63, 3.8) is 0 Å². The molecule has 0 saturated heterocycles. The van der Waals surface area contributed by atoms with E-state index in [1.54, 1.807) is 12.1 Å². The number of unbranched alkanes of at least 4 members (excludes halogenated alkanes) is 13. The molecule has 0 fully saturated rings. The van der Waals surface area contributed by atoms with E-state index in [1.165, 1.54) is 111 Å². The number of hydrogen-bond acceptors (Lipinski definition) is 4. The zero-order chi connectivity index (χ0) is 33.1. The molecule has 0 atom stereocenters. The molecule has 1 aliphatic rings. The van der Waals surface area contributed by atoms with E-state index in [9.17, 15) is 15.8 Å². The van der Waals surface area contributed by atoms with Gasteiger partial charge in [0.2, 0.25) is 0 Å². The van der Waals surface area contributed by atoms with Crippen molar-refractivity contribution in [3.05, 3.63) is 105 Å². The molecule has 0 N–H and O–H groups in total. The van der Waals surface area contributed by atoms with Crippen LogP contribution in [0.4, 0.5) is 5.69 Å². The SMILES string of the molecule is CCCCCCCCCCCCCCCCc1cccc(CN2/C(=C/C(C#N)=c3ccc(=C(C#N)C#N)cc3)[Se]c3ccccc32)c1. The normalized spacial score (nSPS) is 12.7. The summed E-state index contributed by atoms with van der Waals surface area (Å²) in [6.07, 6.45) is 22.5. The number of allylic oxidation sites excluding steroid dienone is 1. The van der Waals surface area contributed by atoms with E-state index in [0.717, 1.165) is 22.8 Å². The average molecular weight is 688 g/mol.